The summed E-state index contributed by atoms with van der Waals surface area (Å²) in [5.74, 6) is 0. The maximum absolute atomic E-state index is 11.0. The molecule has 1 unspecified atom stereocenters. The van der Waals surface area contributed by atoms with Crippen molar-refractivity contribution in [1.82, 2.24) is 4.90 Å². The third-order valence-corrected chi connectivity index (χ3v) is 6.65. The van der Waals surface area contributed by atoms with Crippen molar-refractivity contribution >= 4 is 15.9 Å². The van der Waals surface area contributed by atoms with Gasteiger partial charge in [-0.25, -0.2) is 9.79 Å². The number of aliphatic hydroxyl groups is 1. The first-order valence-electron chi connectivity index (χ1n) is 5.94. The second kappa shape index (κ2) is 12.0. The van der Waals surface area contributed by atoms with Crippen LogP contribution in [0.1, 0.15) is 32.6 Å². The van der Waals surface area contributed by atoms with E-state index in [1.807, 2.05) is 6.92 Å². The van der Waals surface area contributed by atoms with Crippen LogP contribution in [0.15, 0.2) is 0 Å². The van der Waals surface area contributed by atoms with Gasteiger partial charge in [0.15, 0.2) is 0 Å². The van der Waals surface area contributed by atoms with E-state index in [1.54, 1.807) is 11.9 Å². The monoisotopic (exact) mass is 363 g/mol. The van der Waals surface area contributed by atoms with Gasteiger partial charge < -0.3 is 29.6 Å². The fourth-order valence-electron chi connectivity index (χ4n) is 1.53. The first-order valence-corrected chi connectivity index (χ1v) is 9.10. The average molecular weight is 363 g/mol. The molecule has 0 bridgehead atoms. The van der Waals surface area contributed by atoms with Crippen LogP contribution in [-0.4, -0.2) is 45.0 Å². The molecule has 0 aliphatic rings. The predicted octanol–water partition coefficient (Wildman–Crippen LogP) is -8.90. The van der Waals surface area contributed by atoms with Gasteiger partial charge >= 0.3 is 72.1 Å². The molecule has 0 aliphatic heterocycles. The molecule has 0 amide bonds. The molecule has 0 aliphatic carbocycles. The summed E-state index contributed by atoms with van der Waals surface area (Å²) < 4.78 is 0. The van der Waals surface area contributed by atoms with Crippen LogP contribution < -0.4 is 78.7 Å². The van der Waals surface area contributed by atoms with Gasteiger partial charge in [-0.15, -0.1) is 0 Å². The predicted molar refractivity (Wildman–Crippen MR) is 64.9 cm³/mol. The second-order valence-electron chi connectivity index (χ2n) is 4.58. The Labute approximate surface area is 170 Å². The molecular formula is C9H21NNa2O7P2. The van der Waals surface area contributed by atoms with Crippen molar-refractivity contribution in [3.05, 3.63) is 0 Å². The molecule has 0 radical (unpaired) electrons. The molecule has 0 spiro atoms. The minimum absolute atomic E-state index is 0. The number of hydrogen-bond acceptors (Lipinski definition) is 8. The minimum atomic E-state index is -5.83. The van der Waals surface area contributed by atoms with Crippen molar-refractivity contribution < 1.29 is 93.6 Å². The van der Waals surface area contributed by atoms with E-state index in [9.17, 15) is 24.7 Å². The van der Waals surface area contributed by atoms with Crippen LogP contribution in [0, 0.1) is 0 Å². The number of unbranched alkanes of at least 4 members (excludes halogenated alkanes) is 2. The molecule has 0 saturated carbocycles. The summed E-state index contributed by atoms with van der Waals surface area (Å²) >= 11 is 0. The summed E-state index contributed by atoms with van der Waals surface area (Å²) in [6, 6.07) is 0. The van der Waals surface area contributed by atoms with Crippen molar-refractivity contribution in [1.29, 1.82) is 0 Å². The van der Waals surface area contributed by atoms with Crippen LogP contribution in [0.5, 0.6) is 0 Å². The van der Waals surface area contributed by atoms with Gasteiger partial charge in [0.05, 0.1) is 6.42 Å². The van der Waals surface area contributed by atoms with Gasteiger partial charge in [-0.1, -0.05) is 27.7 Å². The molecular weight excluding hydrogens is 342 g/mol. The molecule has 12 heteroatoms. The third-order valence-electron chi connectivity index (χ3n) is 2.88. The van der Waals surface area contributed by atoms with Crippen molar-refractivity contribution in [2.24, 2.45) is 0 Å². The molecule has 0 aromatic heterocycles. The van der Waals surface area contributed by atoms with E-state index in [0.717, 1.165) is 19.3 Å². The molecule has 21 heavy (non-hydrogen) atoms. The van der Waals surface area contributed by atoms with E-state index in [2.05, 4.69) is 0 Å². The molecule has 8 nitrogen and oxygen atoms in total. The van der Waals surface area contributed by atoms with E-state index < -0.39 is 27.4 Å². The van der Waals surface area contributed by atoms with Crippen molar-refractivity contribution in [3.8, 4) is 0 Å². The number of nitrogens with zero attached hydrogens (tertiary/aromatic N) is 1. The summed E-state index contributed by atoms with van der Waals surface area (Å²) in [7, 11) is -9.67. The quantitative estimate of drug-likeness (QED) is 0.207. The van der Waals surface area contributed by atoms with Crippen LogP contribution in [0.2, 0.25) is 0 Å². The SMILES string of the molecule is CCCCCN(C)CCC(O)([P+]([O-])([O-])[O-])[P+]([O-])(O)O.[Na+].[Na+]. The van der Waals surface area contributed by atoms with Crippen LogP contribution in [-0.2, 0) is 0 Å². The minimum Gasteiger partial charge on any atom is -0.682 e. The molecule has 3 N–H and O–H groups in total. The summed E-state index contributed by atoms with van der Waals surface area (Å²) in [6.45, 7) is 2.50. The van der Waals surface area contributed by atoms with Crippen LogP contribution in [0.3, 0.4) is 0 Å². The van der Waals surface area contributed by atoms with E-state index in [-0.39, 0.29) is 65.7 Å². The van der Waals surface area contributed by atoms with Crippen LogP contribution in [0.25, 0.3) is 0 Å². The Bertz CT molecular complexity index is 262. The van der Waals surface area contributed by atoms with E-state index >= 15 is 0 Å². The summed E-state index contributed by atoms with van der Waals surface area (Å²) in [6.07, 6.45) is 1.99. The molecule has 0 fully saturated rings. The van der Waals surface area contributed by atoms with Crippen molar-refractivity contribution in [3.63, 3.8) is 0 Å². The Morgan fingerprint density at radius 2 is 1.48 bits per heavy atom. The zero-order chi connectivity index (χ0) is 15.3. The number of rotatable bonds is 9. The van der Waals surface area contributed by atoms with Gasteiger partial charge in [-0.2, -0.15) is 0 Å². The molecule has 0 aromatic rings. The van der Waals surface area contributed by atoms with Gasteiger partial charge in [0.2, 0.25) is 0 Å². The maximum Gasteiger partial charge on any atom is 1.00 e. The normalized spacial score (nSPS) is 15.1. The molecule has 0 heterocycles. The Hall–Kier alpha value is 2.54. The van der Waals surface area contributed by atoms with E-state index in [0.29, 0.717) is 6.54 Å². The fourth-order valence-corrected chi connectivity index (χ4v) is 3.57. The van der Waals surface area contributed by atoms with Crippen LogP contribution >= 0.6 is 15.9 Å². The number of hydrogen-bond donors (Lipinski definition) is 3. The summed E-state index contributed by atoms with van der Waals surface area (Å²) in [5.41, 5.74) is 0. The smallest absolute Gasteiger partial charge is 0.682 e. The van der Waals surface area contributed by atoms with Crippen LogP contribution in [0.4, 0.5) is 0 Å². The van der Waals surface area contributed by atoms with Crippen molar-refractivity contribution in [2.45, 2.75) is 37.7 Å². The van der Waals surface area contributed by atoms with Gasteiger partial charge in [0.1, 0.15) is 0 Å². The maximum atomic E-state index is 11.0. The Kier molecular flexibility index (Phi) is 16.2. The van der Waals surface area contributed by atoms with E-state index in [1.165, 1.54) is 0 Å². The standard InChI is InChI=1S/C9H23NO7P2.2Na/c1-3-4-5-7-10(2)8-6-9(11,18(12,13)14)19(15,16)17;;/h11H,3-8H2,1-2H3,(H2,12,13,14)(H2,15,16,17);;/q;2*+1/p-2. The molecule has 0 saturated heterocycles. The average Bonchev–Trinajstić information content (AvgIpc) is 2.23. The molecule has 116 valence electrons. The molecule has 0 aromatic carbocycles. The largest absolute Gasteiger partial charge is 1.00 e. The molecule has 0 rings (SSSR count). The summed E-state index contributed by atoms with van der Waals surface area (Å²) in [4.78, 5) is 63.0. The van der Waals surface area contributed by atoms with E-state index in [4.69, 9.17) is 9.79 Å². The summed E-state index contributed by atoms with van der Waals surface area (Å²) in [5, 5.41) is 6.00. The topological polar surface area (TPSA) is 156 Å². The van der Waals surface area contributed by atoms with Crippen molar-refractivity contribution in [2.75, 3.05) is 20.1 Å². The van der Waals surface area contributed by atoms with Gasteiger partial charge in [0, 0.05) is 6.54 Å². The Balaban J connectivity index is -0.00000162. The van der Waals surface area contributed by atoms with Gasteiger partial charge in [-0.3, -0.25) is 0 Å². The first kappa shape index (κ1) is 28.3. The molecule has 1 atom stereocenters. The van der Waals surface area contributed by atoms with Gasteiger partial charge in [-0.05, 0) is 20.0 Å². The third kappa shape index (κ3) is 9.56. The fraction of sp³-hybridized carbons (Fsp3) is 1.00. The zero-order valence-corrected chi connectivity index (χ0v) is 18.8. The second-order valence-corrected chi connectivity index (χ2v) is 8.49. The zero-order valence-electron chi connectivity index (χ0n) is 13.1. The van der Waals surface area contributed by atoms with Gasteiger partial charge in [0.25, 0.3) is 0 Å². The Morgan fingerprint density at radius 1 is 1.00 bits per heavy atom. The first-order chi connectivity index (χ1) is 8.45. The Morgan fingerprint density at radius 3 is 1.81 bits per heavy atom.